The maximum Gasteiger partial charge on any atom is 0.255 e. The number of benzene rings is 1. The molecule has 1 atom stereocenters. The van der Waals surface area contributed by atoms with E-state index in [1.165, 1.54) is 0 Å². The lowest BCUT2D eigenvalue weighted by Crippen LogP contribution is -2.46. The summed E-state index contributed by atoms with van der Waals surface area (Å²) in [5.74, 6) is 0.488. The Bertz CT molecular complexity index is 770. The molecular weight excluding hydrogens is 318 g/mol. The van der Waals surface area contributed by atoms with E-state index in [1.807, 2.05) is 35.8 Å². The standard InChI is InChI=1S/C18H23N5O2/c1-3-9-22-12-20-21-16(22)10-19-17(24)15(4-2)23-11-13-7-5-6-8-14(13)18(23)25/h5-8,12,15H,3-4,9-11H2,1-2H3,(H,19,24). The molecule has 0 spiro atoms. The van der Waals surface area contributed by atoms with Crippen LogP contribution in [0.4, 0.5) is 0 Å². The molecule has 25 heavy (non-hydrogen) atoms. The van der Waals surface area contributed by atoms with Crippen LogP contribution in [0.2, 0.25) is 0 Å². The van der Waals surface area contributed by atoms with Crippen molar-refractivity contribution in [2.24, 2.45) is 0 Å². The number of hydrogen-bond donors (Lipinski definition) is 1. The molecule has 1 aliphatic heterocycles. The number of nitrogens with zero attached hydrogens (tertiary/aromatic N) is 4. The zero-order chi connectivity index (χ0) is 17.8. The summed E-state index contributed by atoms with van der Waals surface area (Å²) in [6, 6.07) is 7.03. The number of nitrogens with one attached hydrogen (secondary N) is 1. The number of aromatic nitrogens is 3. The topological polar surface area (TPSA) is 80.1 Å². The summed E-state index contributed by atoms with van der Waals surface area (Å²) in [4.78, 5) is 26.9. The molecule has 2 amide bonds. The van der Waals surface area contributed by atoms with Crippen molar-refractivity contribution >= 4 is 11.8 Å². The monoisotopic (exact) mass is 341 g/mol. The first-order valence-corrected chi connectivity index (χ1v) is 8.69. The highest BCUT2D eigenvalue weighted by atomic mass is 16.2. The van der Waals surface area contributed by atoms with Gasteiger partial charge in [0.1, 0.15) is 12.4 Å². The van der Waals surface area contributed by atoms with Crippen molar-refractivity contribution in [2.75, 3.05) is 0 Å². The van der Waals surface area contributed by atoms with Crippen LogP contribution >= 0.6 is 0 Å². The van der Waals surface area contributed by atoms with Crippen molar-refractivity contribution in [1.82, 2.24) is 25.0 Å². The predicted molar refractivity (Wildman–Crippen MR) is 92.6 cm³/mol. The maximum atomic E-state index is 12.7. The van der Waals surface area contributed by atoms with E-state index >= 15 is 0 Å². The van der Waals surface area contributed by atoms with E-state index in [0.29, 0.717) is 25.1 Å². The van der Waals surface area contributed by atoms with Crippen LogP contribution in [0.3, 0.4) is 0 Å². The van der Waals surface area contributed by atoms with Gasteiger partial charge >= 0.3 is 0 Å². The summed E-state index contributed by atoms with van der Waals surface area (Å²) in [6.07, 6.45) is 3.20. The van der Waals surface area contributed by atoms with Gasteiger partial charge < -0.3 is 14.8 Å². The average Bonchev–Trinajstić information content (AvgIpc) is 3.19. The Morgan fingerprint density at radius 1 is 1.32 bits per heavy atom. The number of aryl methyl sites for hydroxylation is 1. The molecule has 1 aromatic heterocycles. The van der Waals surface area contributed by atoms with Gasteiger partial charge in [-0.3, -0.25) is 9.59 Å². The smallest absolute Gasteiger partial charge is 0.255 e. The minimum Gasteiger partial charge on any atom is -0.347 e. The molecule has 0 radical (unpaired) electrons. The van der Waals surface area contributed by atoms with Gasteiger partial charge in [-0.1, -0.05) is 32.0 Å². The van der Waals surface area contributed by atoms with Crippen LogP contribution in [-0.4, -0.2) is 37.5 Å². The quantitative estimate of drug-likeness (QED) is 0.832. The third-order valence-corrected chi connectivity index (χ3v) is 4.50. The second kappa shape index (κ2) is 7.46. The molecule has 7 nitrogen and oxygen atoms in total. The molecule has 0 fully saturated rings. The van der Waals surface area contributed by atoms with Gasteiger partial charge in [0.15, 0.2) is 5.82 Å². The molecule has 3 rings (SSSR count). The van der Waals surface area contributed by atoms with E-state index in [0.717, 1.165) is 24.4 Å². The fourth-order valence-electron chi connectivity index (χ4n) is 3.20. The van der Waals surface area contributed by atoms with Gasteiger partial charge in [-0.15, -0.1) is 10.2 Å². The number of carbonyl (C=O) groups excluding carboxylic acids is 2. The lowest BCUT2D eigenvalue weighted by molar-refractivity contribution is -0.126. The van der Waals surface area contributed by atoms with Gasteiger partial charge in [-0.25, -0.2) is 0 Å². The molecule has 0 aliphatic carbocycles. The fourth-order valence-corrected chi connectivity index (χ4v) is 3.20. The average molecular weight is 341 g/mol. The molecular formula is C18H23N5O2. The summed E-state index contributed by atoms with van der Waals surface area (Å²) in [7, 11) is 0. The van der Waals surface area contributed by atoms with Gasteiger partial charge in [-0.2, -0.15) is 0 Å². The van der Waals surface area contributed by atoms with Gasteiger partial charge in [0.25, 0.3) is 5.91 Å². The molecule has 2 heterocycles. The molecule has 0 saturated heterocycles. The first kappa shape index (κ1) is 17.1. The van der Waals surface area contributed by atoms with Crippen LogP contribution in [0.5, 0.6) is 0 Å². The van der Waals surface area contributed by atoms with Crippen LogP contribution in [-0.2, 0) is 24.4 Å². The van der Waals surface area contributed by atoms with Crippen LogP contribution in [0, 0.1) is 0 Å². The number of rotatable bonds is 7. The van der Waals surface area contributed by atoms with E-state index in [4.69, 9.17) is 0 Å². The van der Waals surface area contributed by atoms with E-state index in [2.05, 4.69) is 22.4 Å². The zero-order valence-electron chi connectivity index (χ0n) is 14.6. The highest BCUT2D eigenvalue weighted by molar-refractivity contribution is 6.01. The molecule has 132 valence electrons. The molecule has 7 heteroatoms. The summed E-state index contributed by atoms with van der Waals surface area (Å²) in [5.41, 5.74) is 1.66. The Balaban J connectivity index is 1.66. The predicted octanol–water partition coefficient (Wildman–Crippen LogP) is 1.74. The van der Waals surface area contributed by atoms with Crippen LogP contribution in [0.15, 0.2) is 30.6 Å². The van der Waals surface area contributed by atoms with Crippen LogP contribution in [0.25, 0.3) is 0 Å². The van der Waals surface area contributed by atoms with Gasteiger partial charge in [0.2, 0.25) is 5.91 Å². The largest absolute Gasteiger partial charge is 0.347 e. The Morgan fingerprint density at radius 3 is 2.84 bits per heavy atom. The summed E-state index contributed by atoms with van der Waals surface area (Å²) >= 11 is 0. The number of hydrogen-bond acceptors (Lipinski definition) is 4. The van der Waals surface area contributed by atoms with Gasteiger partial charge in [-0.05, 0) is 24.5 Å². The maximum absolute atomic E-state index is 12.7. The Hall–Kier alpha value is -2.70. The molecule has 1 unspecified atom stereocenters. The lowest BCUT2D eigenvalue weighted by Gasteiger charge is -2.25. The first-order valence-electron chi connectivity index (χ1n) is 8.69. The van der Waals surface area contributed by atoms with Crippen molar-refractivity contribution in [2.45, 2.75) is 52.4 Å². The minimum atomic E-state index is -0.484. The third kappa shape index (κ3) is 3.40. The molecule has 1 N–H and O–H groups in total. The normalized spacial score (nSPS) is 14.5. The number of amides is 2. The molecule has 0 saturated carbocycles. The van der Waals surface area contributed by atoms with E-state index in [1.54, 1.807) is 11.2 Å². The molecule has 1 aromatic carbocycles. The molecule has 1 aliphatic rings. The van der Waals surface area contributed by atoms with Crippen molar-refractivity contribution in [3.8, 4) is 0 Å². The summed E-state index contributed by atoms with van der Waals surface area (Å²) < 4.78 is 1.93. The zero-order valence-corrected chi connectivity index (χ0v) is 14.6. The minimum absolute atomic E-state index is 0.0771. The van der Waals surface area contributed by atoms with Gasteiger partial charge in [0, 0.05) is 18.7 Å². The van der Waals surface area contributed by atoms with Crippen molar-refractivity contribution in [3.05, 3.63) is 47.5 Å². The SMILES string of the molecule is CCCn1cnnc1CNC(=O)C(CC)N1Cc2ccccc2C1=O. The summed E-state index contributed by atoms with van der Waals surface area (Å²) in [6.45, 7) is 5.60. The Labute approximate surface area is 147 Å². The number of fused-ring (bicyclic) bond motifs is 1. The van der Waals surface area contributed by atoms with E-state index in [9.17, 15) is 9.59 Å². The van der Waals surface area contributed by atoms with E-state index in [-0.39, 0.29) is 11.8 Å². The lowest BCUT2D eigenvalue weighted by atomic mass is 10.1. The van der Waals surface area contributed by atoms with Crippen LogP contribution < -0.4 is 5.32 Å². The van der Waals surface area contributed by atoms with Crippen molar-refractivity contribution in [1.29, 1.82) is 0 Å². The fraction of sp³-hybridized carbons (Fsp3) is 0.444. The Kier molecular flexibility index (Phi) is 5.11. The summed E-state index contributed by atoms with van der Waals surface area (Å²) in [5, 5.41) is 10.9. The highest BCUT2D eigenvalue weighted by Crippen LogP contribution is 2.25. The second-order valence-corrected chi connectivity index (χ2v) is 6.17. The molecule has 2 aromatic rings. The second-order valence-electron chi connectivity index (χ2n) is 6.17. The Morgan fingerprint density at radius 2 is 2.12 bits per heavy atom. The van der Waals surface area contributed by atoms with Crippen molar-refractivity contribution in [3.63, 3.8) is 0 Å². The number of carbonyl (C=O) groups is 2. The van der Waals surface area contributed by atoms with Crippen molar-refractivity contribution < 1.29 is 9.59 Å². The molecule has 0 bridgehead atoms. The highest BCUT2D eigenvalue weighted by Gasteiger charge is 2.35. The van der Waals surface area contributed by atoms with E-state index < -0.39 is 6.04 Å². The third-order valence-electron chi connectivity index (χ3n) is 4.50. The first-order chi connectivity index (χ1) is 12.2. The van der Waals surface area contributed by atoms with Gasteiger partial charge in [0.05, 0.1) is 6.54 Å². The van der Waals surface area contributed by atoms with Crippen LogP contribution in [0.1, 0.15) is 48.4 Å².